The van der Waals surface area contributed by atoms with Gasteiger partial charge < -0.3 is 23.9 Å². The van der Waals surface area contributed by atoms with Crippen molar-refractivity contribution in [1.29, 1.82) is 0 Å². The summed E-state index contributed by atoms with van der Waals surface area (Å²) in [6, 6.07) is 20.7. The summed E-state index contributed by atoms with van der Waals surface area (Å²) in [5.41, 5.74) is 3.43. The average molecular weight is 446 g/mol. The SMILES string of the molecule is COc1ccc(CNCc2c(OCc3ccc(OC)cc3)ccc3c(=O)cc(C)oc23)cc1. The topological polar surface area (TPSA) is 69.9 Å². The first kappa shape index (κ1) is 22.4. The van der Waals surface area contributed by atoms with Gasteiger partial charge >= 0.3 is 0 Å². The minimum Gasteiger partial charge on any atom is -0.497 e. The molecular weight excluding hydrogens is 418 g/mol. The summed E-state index contributed by atoms with van der Waals surface area (Å²) in [6.45, 7) is 3.29. The van der Waals surface area contributed by atoms with Crippen LogP contribution in [0.25, 0.3) is 11.0 Å². The first-order valence-corrected chi connectivity index (χ1v) is 10.7. The zero-order chi connectivity index (χ0) is 23.2. The Bertz CT molecular complexity index is 1280. The summed E-state index contributed by atoms with van der Waals surface area (Å²) in [6.07, 6.45) is 0. The molecule has 0 spiro atoms. The Balaban J connectivity index is 1.58. The summed E-state index contributed by atoms with van der Waals surface area (Å²) in [5.74, 6) is 2.86. The molecule has 4 rings (SSSR count). The Hall–Kier alpha value is -3.77. The predicted molar refractivity (Wildman–Crippen MR) is 128 cm³/mol. The number of ether oxygens (including phenoxy) is 3. The second-order valence-corrected chi connectivity index (χ2v) is 7.73. The molecule has 1 aromatic heterocycles. The van der Waals surface area contributed by atoms with E-state index in [1.807, 2.05) is 54.6 Å². The van der Waals surface area contributed by atoms with Crippen molar-refractivity contribution in [1.82, 2.24) is 5.32 Å². The van der Waals surface area contributed by atoms with E-state index in [-0.39, 0.29) is 5.43 Å². The highest BCUT2D eigenvalue weighted by atomic mass is 16.5. The third kappa shape index (κ3) is 5.35. The van der Waals surface area contributed by atoms with E-state index in [1.165, 1.54) is 6.07 Å². The van der Waals surface area contributed by atoms with Crippen LogP contribution < -0.4 is 25.0 Å². The van der Waals surface area contributed by atoms with Crippen molar-refractivity contribution in [3.05, 3.63) is 99.4 Å². The molecule has 170 valence electrons. The minimum absolute atomic E-state index is 0.0631. The highest BCUT2D eigenvalue weighted by Gasteiger charge is 2.14. The van der Waals surface area contributed by atoms with Crippen molar-refractivity contribution >= 4 is 11.0 Å². The summed E-state index contributed by atoms with van der Waals surface area (Å²) in [7, 11) is 3.29. The van der Waals surface area contributed by atoms with Gasteiger partial charge in [-0.3, -0.25) is 4.79 Å². The summed E-state index contributed by atoms with van der Waals surface area (Å²) in [4.78, 5) is 12.5. The van der Waals surface area contributed by atoms with Crippen molar-refractivity contribution in [3.63, 3.8) is 0 Å². The molecule has 33 heavy (non-hydrogen) atoms. The Morgan fingerprint density at radius 1 is 0.818 bits per heavy atom. The molecule has 0 radical (unpaired) electrons. The highest BCUT2D eigenvalue weighted by Crippen LogP contribution is 2.28. The van der Waals surface area contributed by atoms with Gasteiger partial charge in [-0.1, -0.05) is 24.3 Å². The van der Waals surface area contributed by atoms with E-state index in [0.717, 1.165) is 28.2 Å². The maximum absolute atomic E-state index is 12.5. The van der Waals surface area contributed by atoms with Crippen LogP contribution in [0.3, 0.4) is 0 Å². The molecule has 1 N–H and O–H groups in total. The fourth-order valence-corrected chi connectivity index (χ4v) is 3.63. The van der Waals surface area contributed by atoms with Crippen molar-refractivity contribution in [2.45, 2.75) is 26.6 Å². The number of fused-ring (bicyclic) bond motifs is 1. The zero-order valence-corrected chi connectivity index (χ0v) is 19.0. The molecule has 4 aromatic rings. The van der Waals surface area contributed by atoms with E-state index in [0.29, 0.717) is 42.2 Å². The maximum atomic E-state index is 12.5. The second kappa shape index (κ2) is 10.2. The third-order valence-corrected chi connectivity index (χ3v) is 5.42. The van der Waals surface area contributed by atoms with Gasteiger partial charge in [0.2, 0.25) is 0 Å². The van der Waals surface area contributed by atoms with Crippen LogP contribution in [0, 0.1) is 6.92 Å². The van der Waals surface area contributed by atoms with Gasteiger partial charge in [-0.25, -0.2) is 0 Å². The van der Waals surface area contributed by atoms with Crippen LogP contribution in [0.1, 0.15) is 22.5 Å². The largest absolute Gasteiger partial charge is 0.497 e. The molecule has 0 aliphatic rings. The van der Waals surface area contributed by atoms with Gasteiger partial charge in [0.05, 0.1) is 25.2 Å². The molecule has 0 fully saturated rings. The van der Waals surface area contributed by atoms with Crippen LogP contribution >= 0.6 is 0 Å². The predicted octanol–water partition coefficient (Wildman–Crippen LogP) is 4.99. The van der Waals surface area contributed by atoms with Crippen molar-refractivity contribution in [3.8, 4) is 17.2 Å². The van der Waals surface area contributed by atoms with Crippen molar-refractivity contribution in [2.75, 3.05) is 14.2 Å². The van der Waals surface area contributed by atoms with E-state index in [9.17, 15) is 4.79 Å². The number of hydrogen-bond acceptors (Lipinski definition) is 6. The molecule has 0 saturated heterocycles. The maximum Gasteiger partial charge on any atom is 0.192 e. The van der Waals surface area contributed by atoms with Crippen LogP contribution in [-0.4, -0.2) is 14.2 Å². The number of methoxy groups -OCH3 is 2. The molecule has 3 aromatic carbocycles. The van der Waals surface area contributed by atoms with Gasteiger partial charge in [0.1, 0.15) is 35.2 Å². The van der Waals surface area contributed by atoms with Crippen LogP contribution in [0.2, 0.25) is 0 Å². The molecular formula is C27H27NO5. The standard InChI is InChI=1S/C27H27NO5/c1-18-14-25(29)23-12-13-26(32-17-20-6-10-22(31-3)11-7-20)24(27(23)33-18)16-28-15-19-4-8-21(30-2)9-5-19/h4-14,28H,15-17H2,1-3H3. The smallest absolute Gasteiger partial charge is 0.192 e. The van der Waals surface area contributed by atoms with Crippen LogP contribution in [-0.2, 0) is 19.7 Å². The summed E-state index contributed by atoms with van der Waals surface area (Å²) < 4.78 is 22.6. The van der Waals surface area contributed by atoms with E-state index in [1.54, 1.807) is 27.2 Å². The Morgan fingerprint density at radius 3 is 2.09 bits per heavy atom. The molecule has 0 aliphatic carbocycles. The lowest BCUT2D eigenvalue weighted by Crippen LogP contribution is -2.15. The normalized spacial score (nSPS) is 10.9. The molecule has 0 saturated carbocycles. The van der Waals surface area contributed by atoms with Gasteiger partial charge in [-0.15, -0.1) is 0 Å². The average Bonchev–Trinajstić information content (AvgIpc) is 2.84. The van der Waals surface area contributed by atoms with Crippen LogP contribution in [0.4, 0.5) is 0 Å². The van der Waals surface area contributed by atoms with Crippen molar-refractivity contribution in [2.24, 2.45) is 0 Å². The molecule has 6 heteroatoms. The summed E-state index contributed by atoms with van der Waals surface area (Å²) in [5, 5.41) is 3.98. The van der Waals surface area contributed by atoms with E-state index in [2.05, 4.69) is 5.32 Å². The molecule has 0 bridgehead atoms. The molecule has 1 heterocycles. The molecule has 0 aliphatic heterocycles. The lowest BCUT2D eigenvalue weighted by molar-refractivity contribution is 0.301. The van der Waals surface area contributed by atoms with Gasteiger partial charge in [0.15, 0.2) is 5.43 Å². The van der Waals surface area contributed by atoms with E-state index < -0.39 is 0 Å². The second-order valence-electron chi connectivity index (χ2n) is 7.73. The highest BCUT2D eigenvalue weighted by molar-refractivity contribution is 5.82. The Kier molecular flexibility index (Phi) is 6.95. The fourth-order valence-electron chi connectivity index (χ4n) is 3.63. The van der Waals surface area contributed by atoms with E-state index >= 15 is 0 Å². The number of rotatable bonds is 9. The number of benzene rings is 3. The van der Waals surface area contributed by atoms with Gasteiger partial charge in [0, 0.05) is 19.2 Å². The lowest BCUT2D eigenvalue weighted by Gasteiger charge is -2.15. The van der Waals surface area contributed by atoms with Gasteiger partial charge in [-0.05, 0) is 54.4 Å². The van der Waals surface area contributed by atoms with Crippen LogP contribution in [0.15, 0.2) is 75.9 Å². The zero-order valence-electron chi connectivity index (χ0n) is 19.0. The third-order valence-electron chi connectivity index (χ3n) is 5.42. The van der Waals surface area contributed by atoms with Gasteiger partial charge in [-0.2, -0.15) is 0 Å². The van der Waals surface area contributed by atoms with E-state index in [4.69, 9.17) is 18.6 Å². The monoisotopic (exact) mass is 445 g/mol. The quantitative estimate of drug-likeness (QED) is 0.392. The fraction of sp³-hybridized carbons (Fsp3) is 0.222. The first-order chi connectivity index (χ1) is 16.1. The number of hydrogen-bond donors (Lipinski definition) is 1. The van der Waals surface area contributed by atoms with Crippen molar-refractivity contribution < 1.29 is 18.6 Å². The Morgan fingerprint density at radius 2 is 1.45 bits per heavy atom. The lowest BCUT2D eigenvalue weighted by atomic mass is 10.1. The summed E-state index contributed by atoms with van der Waals surface area (Å²) >= 11 is 0. The molecule has 0 unspecified atom stereocenters. The molecule has 0 amide bonds. The minimum atomic E-state index is -0.0631. The number of aryl methyl sites for hydroxylation is 1. The Labute approximate surface area is 192 Å². The van der Waals surface area contributed by atoms with Crippen LogP contribution in [0.5, 0.6) is 17.2 Å². The molecule has 6 nitrogen and oxygen atoms in total. The molecule has 0 atom stereocenters. The van der Waals surface area contributed by atoms with Gasteiger partial charge in [0.25, 0.3) is 0 Å². The number of nitrogens with one attached hydrogen (secondary N) is 1. The first-order valence-electron chi connectivity index (χ1n) is 10.7.